The Kier molecular flexibility index (Phi) is 9.00. The molecule has 0 saturated carbocycles. The standard InChI is InChI=1S/C27H32N4O6/c1-4-15(2)22(30-21(33)13-17-9-6-5-7-10-17)26(35)31-25(28-16(3)32)24(34)19-12-8-11-18-14-20(27(36)37)29-23(18)19/h5-12,15,20,22,25,29H,4,13-14H2,1-3H3,(H,28,32)(H,30,33)(H,31,35)(H,36,37)/t15-,20?,22-,25?/m0/s1. The highest BCUT2D eigenvalue weighted by atomic mass is 16.4. The fourth-order valence-electron chi connectivity index (χ4n) is 4.21. The molecule has 0 aromatic heterocycles. The Morgan fingerprint density at radius 3 is 2.32 bits per heavy atom. The molecule has 10 nitrogen and oxygen atoms in total. The minimum absolute atomic E-state index is 0.0850. The first-order chi connectivity index (χ1) is 17.6. The zero-order chi connectivity index (χ0) is 27.1. The van der Waals surface area contributed by atoms with Crippen LogP contribution >= 0.6 is 0 Å². The van der Waals surface area contributed by atoms with Crippen LogP contribution in [0.4, 0.5) is 5.69 Å². The monoisotopic (exact) mass is 508 g/mol. The molecule has 37 heavy (non-hydrogen) atoms. The molecule has 0 aliphatic carbocycles. The second-order valence-corrected chi connectivity index (χ2v) is 9.18. The van der Waals surface area contributed by atoms with E-state index in [0.29, 0.717) is 17.7 Å². The molecule has 3 rings (SSSR count). The van der Waals surface area contributed by atoms with E-state index in [1.54, 1.807) is 12.1 Å². The predicted molar refractivity (Wildman–Crippen MR) is 137 cm³/mol. The second-order valence-electron chi connectivity index (χ2n) is 9.18. The van der Waals surface area contributed by atoms with Gasteiger partial charge in [0.15, 0.2) is 6.17 Å². The lowest BCUT2D eigenvalue weighted by atomic mass is 9.97. The van der Waals surface area contributed by atoms with Crippen LogP contribution < -0.4 is 21.3 Å². The van der Waals surface area contributed by atoms with Crippen LogP contribution in [0.15, 0.2) is 48.5 Å². The number of carboxylic acids is 1. The first-order valence-corrected chi connectivity index (χ1v) is 12.2. The van der Waals surface area contributed by atoms with Gasteiger partial charge in [0.25, 0.3) is 0 Å². The quantitative estimate of drug-likeness (QED) is 0.228. The van der Waals surface area contributed by atoms with Crippen molar-refractivity contribution in [1.82, 2.24) is 16.0 Å². The topological polar surface area (TPSA) is 154 Å². The summed E-state index contributed by atoms with van der Waals surface area (Å²) in [5.41, 5.74) is 1.95. The highest BCUT2D eigenvalue weighted by molar-refractivity contribution is 6.08. The molecule has 2 aromatic rings. The largest absolute Gasteiger partial charge is 0.480 e. The fraction of sp³-hybridized carbons (Fsp3) is 0.370. The van der Waals surface area contributed by atoms with Gasteiger partial charge in [0.1, 0.15) is 12.1 Å². The number of aliphatic carboxylic acids is 1. The van der Waals surface area contributed by atoms with Gasteiger partial charge in [-0.3, -0.25) is 19.2 Å². The van der Waals surface area contributed by atoms with E-state index in [9.17, 15) is 29.1 Å². The summed E-state index contributed by atoms with van der Waals surface area (Å²) in [5.74, 6) is -3.44. The van der Waals surface area contributed by atoms with Crippen molar-refractivity contribution < 1.29 is 29.1 Å². The summed E-state index contributed by atoms with van der Waals surface area (Å²) >= 11 is 0. The van der Waals surface area contributed by atoms with E-state index in [1.807, 2.05) is 44.2 Å². The van der Waals surface area contributed by atoms with Crippen LogP contribution in [-0.2, 0) is 32.0 Å². The zero-order valence-electron chi connectivity index (χ0n) is 21.0. The van der Waals surface area contributed by atoms with Crippen molar-refractivity contribution in [1.29, 1.82) is 0 Å². The van der Waals surface area contributed by atoms with Crippen molar-refractivity contribution in [3.05, 3.63) is 65.2 Å². The van der Waals surface area contributed by atoms with Crippen LogP contribution in [0.1, 0.15) is 48.7 Å². The lowest BCUT2D eigenvalue weighted by molar-refractivity contribution is -0.137. The van der Waals surface area contributed by atoms with Crippen molar-refractivity contribution in [3.63, 3.8) is 0 Å². The minimum Gasteiger partial charge on any atom is -0.480 e. The van der Waals surface area contributed by atoms with Gasteiger partial charge in [0.05, 0.1) is 6.42 Å². The first kappa shape index (κ1) is 27.4. The zero-order valence-corrected chi connectivity index (χ0v) is 21.0. The number of fused-ring (bicyclic) bond motifs is 1. The maximum absolute atomic E-state index is 13.5. The van der Waals surface area contributed by atoms with E-state index in [4.69, 9.17) is 0 Å². The summed E-state index contributed by atoms with van der Waals surface area (Å²) in [6, 6.07) is 12.1. The lowest BCUT2D eigenvalue weighted by Gasteiger charge is -2.27. The molecule has 196 valence electrons. The van der Waals surface area contributed by atoms with E-state index < -0.39 is 41.8 Å². The van der Waals surface area contributed by atoms with Crippen molar-refractivity contribution in [2.24, 2.45) is 5.92 Å². The average Bonchev–Trinajstić information content (AvgIpc) is 3.31. The Morgan fingerprint density at radius 2 is 1.70 bits per heavy atom. The third kappa shape index (κ3) is 6.93. The van der Waals surface area contributed by atoms with Gasteiger partial charge in [0, 0.05) is 24.6 Å². The van der Waals surface area contributed by atoms with Crippen LogP contribution in [0.3, 0.4) is 0 Å². The number of ketones is 1. The number of benzene rings is 2. The molecule has 0 spiro atoms. The van der Waals surface area contributed by atoms with Crippen LogP contribution in [0.25, 0.3) is 0 Å². The average molecular weight is 509 g/mol. The number of hydrogen-bond acceptors (Lipinski definition) is 6. The van der Waals surface area contributed by atoms with Crippen molar-refractivity contribution >= 4 is 35.2 Å². The van der Waals surface area contributed by atoms with Gasteiger partial charge in [-0.15, -0.1) is 0 Å². The third-order valence-corrected chi connectivity index (χ3v) is 6.37. The number of rotatable bonds is 11. The Morgan fingerprint density at radius 1 is 1.00 bits per heavy atom. The van der Waals surface area contributed by atoms with E-state index >= 15 is 0 Å². The molecular formula is C27H32N4O6. The molecule has 4 atom stereocenters. The van der Waals surface area contributed by atoms with Crippen molar-refractivity contribution in [3.8, 4) is 0 Å². The molecule has 10 heteroatoms. The van der Waals surface area contributed by atoms with Gasteiger partial charge < -0.3 is 26.4 Å². The van der Waals surface area contributed by atoms with E-state index in [1.165, 1.54) is 13.0 Å². The smallest absolute Gasteiger partial charge is 0.326 e. The van der Waals surface area contributed by atoms with Gasteiger partial charge in [-0.1, -0.05) is 62.7 Å². The Labute approximate surface area is 215 Å². The SMILES string of the molecule is CC[C@H](C)[C@H](NC(=O)Cc1ccccc1)C(=O)NC(NC(C)=O)C(=O)c1cccc2c1NC(C(=O)O)C2. The van der Waals surface area contributed by atoms with Gasteiger partial charge in [-0.25, -0.2) is 4.79 Å². The molecule has 1 aliphatic heterocycles. The Bertz CT molecular complexity index is 1180. The van der Waals surface area contributed by atoms with Gasteiger partial charge in [-0.2, -0.15) is 0 Å². The summed E-state index contributed by atoms with van der Waals surface area (Å²) in [7, 11) is 0. The normalized spacial score (nSPS) is 16.4. The summed E-state index contributed by atoms with van der Waals surface area (Å²) in [6.07, 6.45) is -0.553. The summed E-state index contributed by atoms with van der Waals surface area (Å²) in [6.45, 7) is 4.90. The van der Waals surface area contributed by atoms with Crippen LogP contribution in [0.2, 0.25) is 0 Å². The number of para-hydroxylation sites is 1. The van der Waals surface area contributed by atoms with E-state index in [2.05, 4.69) is 21.3 Å². The van der Waals surface area contributed by atoms with Crippen LogP contribution in [0, 0.1) is 5.92 Å². The number of anilines is 1. The summed E-state index contributed by atoms with van der Waals surface area (Å²) in [5, 5.41) is 20.0. The highest BCUT2D eigenvalue weighted by Gasteiger charge is 2.34. The Hall–Kier alpha value is -4.21. The molecule has 5 N–H and O–H groups in total. The fourth-order valence-corrected chi connectivity index (χ4v) is 4.21. The minimum atomic E-state index is -1.42. The van der Waals surface area contributed by atoms with Crippen LogP contribution in [-0.4, -0.2) is 52.8 Å². The molecular weight excluding hydrogens is 476 g/mol. The maximum atomic E-state index is 13.5. The molecule has 2 aromatic carbocycles. The summed E-state index contributed by atoms with van der Waals surface area (Å²) < 4.78 is 0. The molecule has 0 saturated heterocycles. The van der Waals surface area contributed by atoms with E-state index in [0.717, 1.165) is 5.56 Å². The second kappa shape index (κ2) is 12.2. The van der Waals surface area contributed by atoms with Crippen molar-refractivity contribution in [2.75, 3.05) is 5.32 Å². The number of amides is 3. The molecule has 3 amide bonds. The van der Waals surface area contributed by atoms with Crippen LogP contribution in [0.5, 0.6) is 0 Å². The van der Waals surface area contributed by atoms with E-state index in [-0.39, 0.29) is 30.2 Å². The molecule has 1 aliphatic rings. The third-order valence-electron chi connectivity index (χ3n) is 6.37. The lowest BCUT2D eigenvalue weighted by Crippen LogP contribution is -2.58. The van der Waals surface area contributed by atoms with Gasteiger partial charge in [0.2, 0.25) is 23.5 Å². The number of carboxylic acid groups (broad SMARTS) is 1. The first-order valence-electron chi connectivity index (χ1n) is 12.2. The van der Waals surface area contributed by atoms with Crippen molar-refractivity contribution in [2.45, 2.75) is 58.3 Å². The maximum Gasteiger partial charge on any atom is 0.326 e. The summed E-state index contributed by atoms with van der Waals surface area (Å²) in [4.78, 5) is 62.8. The number of hydrogen-bond donors (Lipinski definition) is 5. The molecule has 0 fully saturated rings. The number of carbonyl (C=O) groups excluding carboxylic acids is 4. The number of nitrogens with one attached hydrogen (secondary N) is 4. The Balaban J connectivity index is 1.80. The molecule has 0 radical (unpaired) electrons. The van der Waals surface area contributed by atoms with Gasteiger partial charge >= 0.3 is 5.97 Å². The molecule has 1 heterocycles. The highest BCUT2D eigenvalue weighted by Crippen LogP contribution is 2.30. The molecule has 2 unspecified atom stereocenters. The number of Topliss-reactive ketones (excluding diaryl/α,β-unsaturated/α-hetero) is 1. The molecule has 0 bridgehead atoms. The predicted octanol–water partition coefficient (Wildman–Crippen LogP) is 1.64. The van der Waals surface area contributed by atoms with Gasteiger partial charge in [-0.05, 0) is 23.1 Å². The number of carbonyl (C=O) groups is 5.